The quantitative estimate of drug-likeness (QED) is 0.297. The van der Waals surface area contributed by atoms with E-state index in [1.54, 1.807) is 0 Å². The Balaban J connectivity index is 1.53. The molecule has 1 fully saturated rings. The standard InChI is InChI=1S/C30H39NO5/c1-22(10-9-13-25-11-5-4-6-12-25)35-26-20-28-27(29(21-26)36-24(3)33)14-16-30(17-19-34-23(2)32)15-7-8-18-31(28)30/h4-6,11-12,20-22H,7-10,13-19H2,1-3H3. The summed E-state index contributed by atoms with van der Waals surface area (Å²) in [5, 5.41) is 0. The van der Waals surface area contributed by atoms with Crippen LogP contribution in [0.5, 0.6) is 11.5 Å². The molecule has 2 aliphatic heterocycles. The third-order valence-electron chi connectivity index (χ3n) is 7.52. The smallest absolute Gasteiger partial charge is 0.308 e. The van der Waals surface area contributed by atoms with Crippen molar-refractivity contribution in [2.24, 2.45) is 0 Å². The number of anilines is 1. The topological polar surface area (TPSA) is 65.1 Å². The van der Waals surface area contributed by atoms with Crippen molar-refractivity contribution in [2.75, 3.05) is 18.1 Å². The van der Waals surface area contributed by atoms with E-state index in [1.165, 1.54) is 19.4 Å². The van der Waals surface area contributed by atoms with Gasteiger partial charge in [0, 0.05) is 55.7 Å². The molecular weight excluding hydrogens is 454 g/mol. The Bertz CT molecular complexity index is 1050. The van der Waals surface area contributed by atoms with Crippen LogP contribution in [-0.4, -0.2) is 36.7 Å². The molecule has 0 aliphatic carbocycles. The van der Waals surface area contributed by atoms with Gasteiger partial charge in [0.05, 0.1) is 12.7 Å². The van der Waals surface area contributed by atoms with Gasteiger partial charge in [-0.05, 0) is 63.9 Å². The number of benzene rings is 2. The summed E-state index contributed by atoms with van der Waals surface area (Å²) in [5.74, 6) is 0.777. The summed E-state index contributed by atoms with van der Waals surface area (Å²) in [6.45, 7) is 6.36. The van der Waals surface area contributed by atoms with Gasteiger partial charge in [-0.3, -0.25) is 9.59 Å². The molecule has 36 heavy (non-hydrogen) atoms. The Labute approximate surface area is 214 Å². The minimum absolute atomic E-state index is 0.0376. The minimum atomic E-state index is -0.324. The Morgan fingerprint density at radius 3 is 2.61 bits per heavy atom. The van der Waals surface area contributed by atoms with Crippen molar-refractivity contribution < 1.29 is 23.8 Å². The zero-order valence-electron chi connectivity index (χ0n) is 21.9. The first kappa shape index (κ1) is 26.1. The van der Waals surface area contributed by atoms with Gasteiger partial charge in [0.25, 0.3) is 0 Å². The van der Waals surface area contributed by atoms with E-state index in [4.69, 9.17) is 14.2 Å². The maximum atomic E-state index is 11.9. The molecule has 4 rings (SSSR count). The molecule has 2 aliphatic rings. The summed E-state index contributed by atoms with van der Waals surface area (Å²) in [6.07, 6.45) is 8.95. The van der Waals surface area contributed by atoms with Crippen molar-refractivity contribution in [2.45, 2.75) is 90.2 Å². The summed E-state index contributed by atoms with van der Waals surface area (Å²) in [6, 6.07) is 14.5. The summed E-state index contributed by atoms with van der Waals surface area (Å²) in [7, 11) is 0. The van der Waals surface area contributed by atoms with Gasteiger partial charge < -0.3 is 19.1 Å². The van der Waals surface area contributed by atoms with Gasteiger partial charge in [-0.1, -0.05) is 30.3 Å². The fourth-order valence-electron chi connectivity index (χ4n) is 5.80. The zero-order valence-corrected chi connectivity index (χ0v) is 21.9. The van der Waals surface area contributed by atoms with Crippen LogP contribution in [0.4, 0.5) is 5.69 Å². The number of hydrogen-bond acceptors (Lipinski definition) is 6. The van der Waals surface area contributed by atoms with Gasteiger partial charge in [0.2, 0.25) is 0 Å². The molecule has 1 saturated heterocycles. The van der Waals surface area contributed by atoms with Crippen molar-refractivity contribution in [1.82, 2.24) is 0 Å². The molecule has 2 unspecified atom stereocenters. The zero-order chi connectivity index (χ0) is 25.5. The first-order valence-electron chi connectivity index (χ1n) is 13.3. The predicted octanol–water partition coefficient (Wildman–Crippen LogP) is 6.03. The second-order valence-electron chi connectivity index (χ2n) is 10.2. The first-order valence-corrected chi connectivity index (χ1v) is 13.3. The van der Waals surface area contributed by atoms with Crippen molar-refractivity contribution in [3.8, 4) is 11.5 Å². The lowest BCUT2D eigenvalue weighted by Gasteiger charge is -2.52. The third kappa shape index (κ3) is 6.40. The normalized spacial score (nSPS) is 19.6. The molecular formula is C30H39NO5. The van der Waals surface area contributed by atoms with E-state index in [-0.39, 0.29) is 23.6 Å². The van der Waals surface area contributed by atoms with Crippen molar-refractivity contribution in [3.05, 3.63) is 53.6 Å². The molecule has 0 radical (unpaired) electrons. The van der Waals surface area contributed by atoms with E-state index >= 15 is 0 Å². The van der Waals surface area contributed by atoms with Crippen molar-refractivity contribution in [1.29, 1.82) is 0 Å². The van der Waals surface area contributed by atoms with E-state index in [0.717, 1.165) is 81.3 Å². The summed E-state index contributed by atoms with van der Waals surface area (Å²) in [4.78, 5) is 25.8. The van der Waals surface area contributed by atoms with Crippen LogP contribution in [0.25, 0.3) is 0 Å². The van der Waals surface area contributed by atoms with E-state index in [1.807, 2.05) is 12.1 Å². The van der Waals surface area contributed by atoms with E-state index in [9.17, 15) is 9.59 Å². The number of fused-ring (bicyclic) bond motifs is 3. The van der Waals surface area contributed by atoms with Crippen molar-refractivity contribution >= 4 is 17.6 Å². The Hall–Kier alpha value is -3.02. The van der Waals surface area contributed by atoms with Gasteiger partial charge in [-0.15, -0.1) is 0 Å². The molecule has 6 heteroatoms. The number of carbonyl (C=O) groups excluding carboxylic acids is 2. The summed E-state index contributed by atoms with van der Waals surface area (Å²) < 4.78 is 17.4. The van der Waals surface area contributed by atoms with Crippen LogP contribution >= 0.6 is 0 Å². The van der Waals surface area contributed by atoms with E-state index in [0.29, 0.717) is 12.4 Å². The number of nitrogens with zero attached hydrogens (tertiary/aromatic N) is 1. The van der Waals surface area contributed by atoms with Crippen LogP contribution in [0, 0.1) is 0 Å². The number of hydrogen-bond donors (Lipinski definition) is 0. The van der Waals surface area contributed by atoms with E-state index in [2.05, 4.69) is 42.2 Å². The average molecular weight is 494 g/mol. The molecule has 0 amide bonds. The fourth-order valence-corrected chi connectivity index (χ4v) is 5.80. The molecule has 0 saturated carbocycles. The molecule has 2 aromatic rings. The minimum Gasteiger partial charge on any atom is -0.491 e. The monoisotopic (exact) mass is 493 g/mol. The SMILES string of the molecule is CC(=O)OCCC12CCCCN1c1cc(OC(C)CCCc3ccccc3)cc(OC(C)=O)c1CC2. The summed E-state index contributed by atoms with van der Waals surface area (Å²) in [5.41, 5.74) is 3.45. The second kappa shape index (κ2) is 11.8. The molecule has 0 spiro atoms. The number of ether oxygens (including phenoxy) is 3. The number of esters is 2. The molecule has 194 valence electrons. The highest BCUT2D eigenvalue weighted by Gasteiger charge is 2.43. The van der Waals surface area contributed by atoms with Gasteiger partial charge in [0.15, 0.2) is 0 Å². The maximum absolute atomic E-state index is 11.9. The first-order chi connectivity index (χ1) is 17.4. The molecule has 0 N–H and O–H groups in total. The van der Waals surface area contributed by atoms with Gasteiger partial charge >= 0.3 is 11.9 Å². The second-order valence-corrected chi connectivity index (χ2v) is 10.2. The average Bonchev–Trinajstić information content (AvgIpc) is 2.84. The molecule has 0 bridgehead atoms. The van der Waals surface area contributed by atoms with Gasteiger partial charge in [0.1, 0.15) is 11.5 Å². The highest BCUT2D eigenvalue weighted by molar-refractivity contribution is 5.74. The van der Waals surface area contributed by atoms with Gasteiger partial charge in [-0.25, -0.2) is 0 Å². The molecule has 0 aromatic heterocycles. The number of piperidine rings is 1. The summed E-state index contributed by atoms with van der Waals surface area (Å²) >= 11 is 0. The van der Waals surface area contributed by atoms with Crippen LogP contribution < -0.4 is 14.4 Å². The largest absolute Gasteiger partial charge is 0.491 e. The third-order valence-corrected chi connectivity index (χ3v) is 7.52. The molecule has 2 heterocycles. The van der Waals surface area contributed by atoms with Crippen molar-refractivity contribution in [3.63, 3.8) is 0 Å². The molecule has 6 nitrogen and oxygen atoms in total. The highest BCUT2D eigenvalue weighted by Crippen LogP contribution is 2.48. The van der Waals surface area contributed by atoms with E-state index < -0.39 is 0 Å². The Kier molecular flexibility index (Phi) is 8.55. The lowest BCUT2D eigenvalue weighted by Crippen LogP contribution is -2.55. The fraction of sp³-hybridized carbons (Fsp3) is 0.533. The van der Waals surface area contributed by atoms with Crippen LogP contribution in [0.15, 0.2) is 42.5 Å². The maximum Gasteiger partial charge on any atom is 0.308 e. The van der Waals surface area contributed by atoms with Gasteiger partial charge in [-0.2, -0.15) is 0 Å². The lowest BCUT2D eigenvalue weighted by atomic mass is 9.75. The molecule has 2 aromatic carbocycles. The number of rotatable bonds is 10. The Morgan fingerprint density at radius 1 is 1.06 bits per heavy atom. The van der Waals surface area contributed by atoms with Crippen LogP contribution in [0.1, 0.15) is 76.8 Å². The molecule has 2 atom stereocenters. The highest BCUT2D eigenvalue weighted by atomic mass is 16.5. The Morgan fingerprint density at radius 2 is 1.86 bits per heavy atom. The number of carbonyl (C=O) groups is 2. The number of aryl methyl sites for hydroxylation is 1. The van der Waals surface area contributed by atoms with Crippen LogP contribution in [0.2, 0.25) is 0 Å². The predicted molar refractivity (Wildman–Crippen MR) is 141 cm³/mol. The lowest BCUT2D eigenvalue weighted by molar-refractivity contribution is -0.141. The van der Waals surface area contributed by atoms with Crippen LogP contribution in [-0.2, 0) is 27.2 Å². The van der Waals surface area contributed by atoms with Crippen LogP contribution in [0.3, 0.4) is 0 Å².